The van der Waals surface area contributed by atoms with Crippen LogP contribution in [-0.2, 0) is 20.3 Å². The van der Waals surface area contributed by atoms with Gasteiger partial charge in [-0.3, -0.25) is 4.68 Å². The summed E-state index contributed by atoms with van der Waals surface area (Å²) in [6, 6.07) is 8.98. The average molecular weight is 320 g/mol. The molecule has 3 rings (SSSR count). The lowest BCUT2D eigenvalue weighted by atomic mass is 10.1. The molecule has 1 N–H and O–H groups in total. The lowest BCUT2D eigenvalue weighted by Gasteiger charge is -2.05. The zero-order chi connectivity index (χ0) is 15.5. The molecule has 0 bridgehead atoms. The molecule has 0 fully saturated rings. The Balaban J connectivity index is 1.88. The summed E-state index contributed by atoms with van der Waals surface area (Å²) in [5.41, 5.74) is 2.15. The van der Waals surface area contributed by atoms with E-state index in [-0.39, 0.29) is 13.2 Å². The highest BCUT2D eigenvalue weighted by Gasteiger charge is 2.18. The first-order valence-electron chi connectivity index (χ1n) is 6.64. The molecule has 2 aromatic heterocycles. The largest absolute Gasteiger partial charge is 0.472 e. The van der Waals surface area contributed by atoms with Gasteiger partial charge in [0.2, 0.25) is 5.88 Å². The van der Waals surface area contributed by atoms with E-state index in [1.165, 1.54) is 0 Å². The van der Waals surface area contributed by atoms with Gasteiger partial charge < -0.3 is 14.4 Å². The summed E-state index contributed by atoms with van der Waals surface area (Å²) < 4.78 is 12.5. The Morgan fingerprint density at radius 2 is 2.05 bits per heavy atom. The number of hydrogen-bond acceptors (Lipinski definition) is 5. The van der Waals surface area contributed by atoms with Gasteiger partial charge in [-0.2, -0.15) is 0 Å². The number of aliphatic hydroxyl groups is 1. The Morgan fingerprint density at radius 3 is 2.68 bits per heavy atom. The quantitative estimate of drug-likeness (QED) is 0.782. The lowest BCUT2D eigenvalue weighted by Crippen LogP contribution is -2.00. The molecule has 0 atom stereocenters. The fourth-order valence-electron chi connectivity index (χ4n) is 2.07. The third kappa shape index (κ3) is 2.98. The third-order valence-corrected chi connectivity index (χ3v) is 3.44. The number of hydrogen-bond donors (Lipinski definition) is 1. The average Bonchev–Trinajstić information content (AvgIpc) is 3.11. The van der Waals surface area contributed by atoms with Crippen LogP contribution in [-0.4, -0.2) is 20.0 Å². The van der Waals surface area contributed by atoms with Crippen LogP contribution in [0.1, 0.15) is 11.3 Å². The van der Waals surface area contributed by atoms with E-state index in [2.05, 4.69) is 10.3 Å². The third-order valence-electron chi connectivity index (χ3n) is 3.18. The molecule has 6 nitrogen and oxygen atoms in total. The molecule has 0 aliphatic carbocycles. The highest BCUT2D eigenvalue weighted by molar-refractivity contribution is 6.30. The van der Waals surface area contributed by atoms with Gasteiger partial charge in [-0.25, -0.2) is 0 Å². The van der Waals surface area contributed by atoms with E-state index in [4.69, 9.17) is 20.9 Å². The SMILES string of the molecule is Cn1ccc(OCc2c(-c3ccc(Cl)cc3)noc2CO)n1. The smallest absolute Gasteiger partial charge is 0.233 e. The molecular weight excluding hydrogens is 306 g/mol. The second kappa shape index (κ2) is 6.21. The van der Waals surface area contributed by atoms with Gasteiger partial charge in [-0.05, 0) is 12.1 Å². The normalized spacial score (nSPS) is 10.9. The number of rotatable bonds is 5. The van der Waals surface area contributed by atoms with Gasteiger partial charge in [0.05, 0.1) is 5.56 Å². The lowest BCUT2D eigenvalue weighted by molar-refractivity contribution is 0.220. The van der Waals surface area contributed by atoms with E-state index in [1.54, 1.807) is 29.1 Å². The number of aromatic nitrogens is 3. The minimum Gasteiger partial charge on any atom is -0.472 e. The van der Waals surface area contributed by atoms with Crippen molar-refractivity contribution in [1.82, 2.24) is 14.9 Å². The molecule has 22 heavy (non-hydrogen) atoms. The Morgan fingerprint density at radius 1 is 1.27 bits per heavy atom. The van der Waals surface area contributed by atoms with Crippen LogP contribution in [0.3, 0.4) is 0 Å². The van der Waals surface area contributed by atoms with Crippen LogP contribution in [0, 0.1) is 0 Å². The number of aliphatic hydroxyl groups excluding tert-OH is 1. The number of benzene rings is 1. The van der Waals surface area contributed by atoms with E-state index in [0.717, 1.165) is 5.56 Å². The summed E-state index contributed by atoms with van der Waals surface area (Å²) in [5.74, 6) is 0.871. The van der Waals surface area contributed by atoms with Gasteiger partial charge in [0.15, 0.2) is 5.76 Å². The van der Waals surface area contributed by atoms with Crippen molar-refractivity contribution < 1.29 is 14.4 Å². The van der Waals surface area contributed by atoms with Crippen molar-refractivity contribution in [3.63, 3.8) is 0 Å². The first-order chi connectivity index (χ1) is 10.7. The molecule has 0 aliphatic rings. The summed E-state index contributed by atoms with van der Waals surface area (Å²) >= 11 is 5.90. The number of nitrogens with zero attached hydrogens (tertiary/aromatic N) is 3. The maximum Gasteiger partial charge on any atom is 0.233 e. The van der Waals surface area contributed by atoms with Gasteiger partial charge in [-0.1, -0.05) is 28.9 Å². The first-order valence-corrected chi connectivity index (χ1v) is 7.02. The zero-order valence-corrected chi connectivity index (χ0v) is 12.6. The fourth-order valence-corrected chi connectivity index (χ4v) is 2.19. The number of halogens is 1. The van der Waals surface area contributed by atoms with Crippen molar-refractivity contribution in [3.8, 4) is 17.1 Å². The van der Waals surface area contributed by atoms with Crippen LogP contribution in [0.2, 0.25) is 5.02 Å². The standard InChI is InChI=1S/C15H14ClN3O3/c1-19-7-6-14(17-19)21-9-12-13(8-20)22-18-15(12)10-2-4-11(16)5-3-10/h2-7,20H,8-9H2,1H3. The molecular formula is C15H14ClN3O3. The van der Waals surface area contributed by atoms with Crippen LogP contribution >= 0.6 is 11.6 Å². The topological polar surface area (TPSA) is 73.3 Å². The van der Waals surface area contributed by atoms with Crippen molar-refractivity contribution in [2.24, 2.45) is 7.05 Å². The minimum atomic E-state index is -0.249. The van der Waals surface area contributed by atoms with Crippen molar-refractivity contribution in [3.05, 3.63) is 52.9 Å². The van der Waals surface area contributed by atoms with Crippen molar-refractivity contribution in [2.45, 2.75) is 13.2 Å². The Labute approximate surface area is 131 Å². The monoisotopic (exact) mass is 319 g/mol. The van der Waals surface area contributed by atoms with E-state index < -0.39 is 0 Å². The van der Waals surface area contributed by atoms with Crippen LogP contribution < -0.4 is 4.74 Å². The minimum absolute atomic E-state index is 0.203. The first kappa shape index (κ1) is 14.6. The second-order valence-electron chi connectivity index (χ2n) is 4.71. The van der Waals surface area contributed by atoms with Gasteiger partial charge in [0, 0.05) is 29.9 Å². The second-order valence-corrected chi connectivity index (χ2v) is 5.15. The van der Waals surface area contributed by atoms with Gasteiger partial charge in [0.1, 0.15) is 18.9 Å². The molecule has 7 heteroatoms. The summed E-state index contributed by atoms with van der Waals surface area (Å²) in [7, 11) is 1.81. The van der Waals surface area contributed by atoms with Crippen molar-refractivity contribution in [1.29, 1.82) is 0 Å². The molecule has 3 aromatic rings. The molecule has 0 amide bonds. The Hall–Kier alpha value is -2.31. The van der Waals surface area contributed by atoms with E-state index in [0.29, 0.717) is 27.9 Å². The van der Waals surface area contributed by atoms with Gasteiger partial charge >= 0.3 is 0 Å². The Bertz CT molecular complexity index is 765. The van der Waals surface area contributed by atoms with Crippen LogP contribution in [0.25, 0.3) is 11.3 Å². The summed E-state index contributed by atoms with van der Waals surface area (Å²) in [6.45, 7) is -0.0458. The predicted octanol–water partition coefficient (Wildman–Crippen LogP) is 2.80. The zero-order valence-electron chi connectivity index (χ0n) is 11.9. The molecule has 114 valence electrons. The van der Waals surface area contributed by atoms with E-state index in [9.17, 15) is 5.11 Å². The maximum absolute atomic E-state index is 9.39. The molecule has 1 aromatic carbocycles. The highest BCUT2D eigenvalue weighted by atomic mass is 35.5. The number of ether oxygens (including phenoxy) is 1. The predicted molar refractivity (Wildman–Crippen MR) is 80.4 cm³/mol. The van der Waals surface area contributed by atoms with Crippen LogP contribution in [0.5, 0.6) is 5.88 Å². The van der Waals surface area contributed by atoms with Crippen LogP contribution in [0.4, 0.5) is 0 Å². The van der Waals surface area contributed by atoms with Gasteiger partial charge in [-0.15, -0.1) is 5.10 Å². The Kier molecular flexibility index (Phi) is 4.13. The molecule has 0 spiro atoms. The maximum atomic E-state index is 9.39. The van der Waals surface area contributed by atoms with E-state index >= 15 is 0 Å². The van der Waals surface area contributed by atoms with Crippen molar-refractivity contribution >= 4 is 11.6 Å². The molecule has 0 aliphatic heterocycles. The van der Waals surface area contributed by atoms with Gasteiger partial charge in [0.25, 0.3) is 0 Å². The molecule has 0 radical (unpaired) electrons. The molecule has 0 saturated carbocycles. The van der Waals surface area contributed by atoms with E-state index in [1.807, 2.05) is 19.2 Å². The van der Waals surface area contributed by atoms with Crippen LogP contribution in [0.15, 0.2) is 41.1 Å². The van der Waals surface area contributed by atoms with Crippen molar-refractivity contribution in [2.75, 3.05) is 0 Å². The summed E-state index contributed by atoms with van der Waals surface area (Å²) in [4.78, 5) is 0. The fraction of sp³-hybridized carbons (Fsp3) is 0.200. The summed E-state index contributed by atoms with van der Waals surface area (Å²) in [6.07, 6.45) is 1.79. The molecule has 0 saturated heterocycles. The molecule has 2 heterocycles. The number of aryl methyl sites for hydroxylation is 1. The molecule has 0 unspecified atom stereocenters. The highest BCUT2D eigenvalue weighted by Crippen LogP contribution is 2.27. The summed E-state index contributed by atoms with van der Waals surface area (Å²) in [5, 5.41) is 18.2.